The average molecular weight is 387 g/mol. The van der Waals surface area contributed by atoms with Gasteiger partial charge in [-0.1, -0.05) is 12.1 Å². The molecule has 0 atom stereocenters. The molecule has 26 heavy (non-hydrogen) atoms. The fourth-order valence-electron chi connectivity index (χ4n) is 2.14. The fourth-order valence-corrected chi connectivity index (χ4v) is 2.68. The van der Waals surface area contributed by atoms with Crippen LogP contribution in [-0.2, 0) is 16.1 Å². The van der Waals surface area contributed by atoms with Crippen LogP contribution in [0.5, 0.6) is 0 Å². The van der Waals surface area contributed by atoms with Crippen molar-refractivity contribution in [2.45, 2.75) is 36.2 Å². The van der Waals surface area contributed by atoms with E-state index in [1.54, 1.807) is 18.2 Å². The molecule has 2 aromatic rings. The van der Waals surface area contributed by atoms with Crippen LogP contribution >= 0.6 is 11.8 Å². The predicted octanol–water partition coefficient (Wildman–Crippen LogP) is 3.74. The minimum absolute atomic E-state index is 0.0703. The molecule has 0 saturated carbocycles. The van der Waals surface area contributed by atoms with Crippen LogP contribution in [-0.4, -0.2) is 32.3 Å². The van der Waals surface area contributed by atoms with Gasteiger partial charge >= 0.3 is 11.5 Å². The first-order valence-electron chi connectivity index (χ1n) is 7.61. The average Bonchev–Trinajstić information content (AvgIpc) is 2.94. The Morgan fingerprint density at radius 3 is 2.46 bits per heavy atom. The van der Waals surface area contributed by atoms with Gasteiger partial charge in [0, 0.05) is 23.8 Å². The van der Waals surface area contributed by atoms with Gasteiger partial charge in [0.1, 0.15) is 5.82 Å². The van der Waals surface area contributed by atoms with Crippen molar-refractivity contribution in [2.24, 2.45) is 0 Å². The van der Waals surface area contributed by atoms with Crippen molar-refractivity contribution in [3.8, 4) is 0 Å². The summed E-state index contributed by atoms with van der Waals surface area (Å²) in [6, 6.07) is 7.47. The lowest BCUT2D eigenvalue weighted by atomic mass is 10.2. The molecule has 1 amide bonds. The van der Waals surface area contributed by atoms with Gasteiger partial charge in [0.25, 0.3) is 0 Å². The summed E-state index contributed by atoms with van der Waals surface area (Å²) in [5, 5.41) is 15.3. The summed E-state index contributed by atoms with van der Waals surface area (Å²) in [5.41, 5.74) is -3.61. The lowest BCUT2D eigenvalue weighted by Crippen LogP contribution is -2.16. The van der Waals surface area contributed by atoms with E-state index in [1.807, 2.05) is 0 Å². The molecule has 0 aliphatic rings. The van der Waals surface area contributed by atoms with Gasteiger partial charge in [0.15, 0.2) is 0 Å². The van der Waals surface area contributed by atoms with Gasteiger partial charge in [-0.25, -0.2) is 4.68 Å². The summed E-state index contributed by atoms with van der Waals surface area (Å²) >= 11 is -0.183. The molecule has 6 nitrogen and oxygen atoms in total. The second kappa shape index (κ2) is 8.75. The Morgan fingerprint density at radius 1 is 1.15 bits per heavy atom. The Kier molecular flexibility index (Phi) is 6.67. The number of carbonyl (C=O) groups is 2. The van der Waals surface area contributed by atoms with Crippen LogP contribution in [0.2, 0.25) is 0 Å². The highest BCUT2D eigenvalue weighted by Gasteiger charge is 2.29. The first kappa shape index (κ1) is 19.8. The Bertz CT molecular complexity index is 760. The van der Waals surface area contributed by atoms with Crippen LogP contribution in [0.25, 0.3) is 0 Å². The first-order chi connectivity index (χ1) is 12.2. The van der Waals surface area contributed by atoms with E-state index < -0.39 is 11.5 Å². The SMILES string of the molecule is O=C(O)CCCC(=O)Nc1ccnn1Cc1ccc(SC(F)(F)F)cc1. The van der Waals surface area contributed by atoms with Gasteiger partial charge in [-0.05, 0) is 35.9 Å². The number of aromatic nitrogens is 2. The molecule has 1 heterocycles. The number of hydrogen-bond donors (Lipinski definition) is 2. The maximum absolute atomic E-state index is 12.3. The van der Waals surface area contributed by atoms with Gasteiger partial charge < -0.3 is 10.4 Å². The number of alkyl halides is 3. The van der Waals surface area contributed by atoms with Gasteiger partial charge in [-0.3, -0.25) is 9.59 Å². The predicted molar refractivity (Wildman–Crippen MR) is 89.8 cm³/mol. The van der Waals surface area contributed by atoms with Crippen LogP contribution in [0.3, 0.4) is 0 Å². The number of carbonyl (C=O) groups excluding carboxylic acids is 1. The summed E-state index contributed by atoms with van der Waals surface area (Å²) < 4.78 is 38.5. The summed E-state index contributed by atoms with van der Waals surface area (Å²) in [6.45, 7) is 0.273. The normalized spacial score (nSPS) is 11.3. The number of thioether (sulfide) groups is 1. The summed E-state index contributed by atoms with van der Waals surface area (Å²) in [7, 11) is 0. The second-order valence-electron chi connectivity index (χ2n) is 5.36. The van der Waals surface area contributed by atoms with Crippen LogP contribution < -0.4 is 5.32 Å². The minimum Gasteiger partial charge on any atom is -0.481 e. The second-order valence-corrected chi connectivity index (χ2v) is 6.50. The van der Waals surface area contributed by atoms with Crippen molar-refractivity contribution in [1.82, 2.24) is 9.78 Å². The number of benzene rings is 1. The van der Waals surface area contributed by atoms with Gasteiger partial charge in [0.2, 0.25) is 5.91 Å². The van der Waals surface area contributed by atoms with E-state index in [2.05, 4.69) is 10.4 Å². The maximum atomic E-state index is 12.3. The molecule has 0 aliphatic heterocycles. The van der Waals surface area contributed by atoms with Crippen LogP contribution in [0.1, 0.15) is 24.8 Å². The van der Waals surface area contributed by atoms with E-state index in [4.69, 9.17) is 5.11 Å². The molecule has 0 unspecified atom stereocenters. The zero-order valence-electron chi connectivity index (χ0n) is 13.5. The number of halogens is 3. The summed E-state index contributed by atoms with van der Waals surface area (Å²) in [4.78, 5) is 22.4. The summed E-state index contributed by atoms with van der Waals surface area (Å²) in [6.07, 6.45) is 1.70. The quantitative estimate of drug-likeness (QED) is 0.674. The number of nitrogens with zero attached hydrogens (tertiary/aromatic N) is 2. The first-order valence-corrected chi connectivity index (χ1v) is 8.43. The van der Waals surface area contributed by atoms with Crippen molar-refractivity contribution in [1.29, 1.82) is 0 Å². The number of nitrogens with one attached hydrogen (secondary N) is 1. The zero-order valence-corrected chi connectivity index (χ0v) is 14.3. The number of anilines is 1. The molecule has 1 aromatic heterocycles. The number of hydrogen-bond acceptors (Lipinski definition) is 4. The standard InChI is InChI=1S/C16H16F3N3O3S/c17-16(18,19)26-12-6-4-11(5-7-12)10-22-13(8-9-20-22)21-14(23)2-1-3-15(24)25/h4-9H,1-3,10H2,(H,21,23)(H,24,25). The zero-order chi connectivity index (χ0) is 19.2. The molecule has 0 spiro atoms. The van der Waals surface area contributed by atoms with Crippen molar-refractivity contribution in [3.05, 3.63) is 42.1 Å². The van der Waals surface area contributed by atoms with Crippen LogP contribution in [0.4, 0.5) is 19.0 Å². The Labute approximate surface area is 151 Å². The van der Waals surface area contributed by atoms with E-state index in [1.165, 1.54) is 23.0 Å². The smallest absolute Gasteiger partial charge is 0.446 e. The molecule has 140 valence electrons. The molecule has 2 rings (SSSR count). The Balaban J connectivity index is 1.93. The van der Waals surface area contributed by atoms with E-state index in [0.29, 0.717) is 5.82 Å². The number of carboxylic acid groups (broad SMARTS) is 1. The third-order valence-corrected chi connectivity index (χ3v) is 4.01. The highest BCUT2D eigenvalue weighted by atomic mass is 32.2. The largest absolute Gasteiger partial charge is 0.481 e. The van der Waals surface area contributed by atoms with Crippen LogP contribution in [0.15, 0.2) is 41.4 Å². The molecule has 10 heteroatoms. The molecule has 0 aliphatic carbocycles. The van der Waals surface area contributed by atoms with Crippen molar-refractivity contribution in [2.75, 3.05) is 5.32 Å². The molecular weight excluding hydrogens is 371 g/mol. The summed E-state index contributed by atoms with van der Waals surface area (Å²) in [5.74, 6) is -0.862. The number of carboxylic acids is 1. The van der Waals surface area contributed by atoms with Gasteiger partial charge in [-0.15, -0.1) is 0 Å². The molecule has 0 saturated heterocycles. The van der Waals surface area contributed by atoms with Crippen molar-refractivity contribution in [3.63, 3.8) is 0 Å². The molecule has 0 radical (unpaired) electrons. The molecule has 1 aromatic carbocycles. The maximum Gasteiger partial charge on any atom is 0.446 e. The van der Waals surface area contributed by atoms with E-state index in [0.717, 1.165) is 5.56 Å². The Hall–Kier alpha value is -2.49. The lowest BCUT2D eigenvalue weighted by molar-refractivity contribution is -0.137. The number of rotatable bonds is 8. The van der Waals surface area contributed by atoms with Crippen molar-refractivity contribution < 1.29 is 27.9 Å². The molecule has 2 N–H and O–H groups in total. The number of aliphatic carboxylic acids is 1. The van der Waals surface area contributed by atoms with Crippen molar-refractivity contribution >= 4 is 29.5 Å². The van der Waals surface area contributed by atoms with Crippen LogP contribution in [0, 0.1) is 0 Å². The van der Waals surface area contributed by atoms with E-state index in [-0.39, 0.29) is 48.4 Å². The van der Waals surface area contributed by atoms with Gasteiger partial charge in [-0.2, -0.15) is 18.3 Å². The molecule has 0 bridgehead atoms. The highest BCUT2D eigenvalue weighted by Crippen LogP contribution is 2.36. The highest BCUT2D eigenvalue weighted by molar-refractivity contribution is 8.00. The third kappa shape index (κ3) is 6.79. The molecule has 0 fully saturated rings. The molecular formula is C16H16F3N3O3S. The minimum atomic E-state index is -4.33. The van der Waals surface area contributed by atoms with E-state index >= 15 is 0 Å². The van der Waals surface area contributed by atoms with E-state index in [9.17, 15) is 22.8 Å². The fraction of sp³-hybridized carbons (Fsp3) is 0.312. The van der Waals surface area contributed by atoms with Gasteiger partial charge in [0.05, 0.1) is 12.7 Å². The number of amides is 1. The monoisotopic (exact) mass is 387 g/mol. The lowest BCUT2D eigenvalue weighted by Gasteiger charge is -2.10. The Morgan fingerprint density at radius 2 is 1.85 bits per heavy atom. The third-order valence-electron chi connectivity index (χ3n) is 3.27. The topological polar surface area (TPSA) is 84.2 Å².